The van der Waals surface area contributed by atoms with Gasteiger partial charge in [0, 0.05) is 28.6 Å². The molecule has 0 spiro atoms. The molecule has 0 amide bonds. The lowest BCUT2D eigenvalue weighted by Crippen LogP contribution is -2.33. The van der Waals surface area contributed by atoms with Gasteiger partial charge >= 0.3 is 0 Å². The van der Waals surface area contributed by atoms with Gasteiger partial charge in [0.1, 0.15) is 5.82 Å². The van der Waals surface area contributed by atoms with Crippen LogP contribution < -0.4 is 0 Å². The fourth-order valence-electron chi connectivity index (χ4n) is 3.35. The Kier molecular flexibility index (Phi) is 5.00. The smallest absolute Gasteiger partial charge is 0.230 e. The fourth-order valence-corrected chi connectivity index (χ4v) is 3.57. The minimum atomic E-state index is -0.246. The Morgan fingerprint density at radius 3 is 2.58 bits per heavy atom. The SMILES string of the molecule is Fc1cccc(Cl)c1CN1CCC(c2nc(-c3ccccc3)no2)CC1. The van der Waals surface area contributed by atoms with Crippen LogP contribution in [0.2, 0.25) is 5.02 Å². The van der Waals surface area contributed by atoms with Crippen molar-refractivity contribution < 1.29 is 8.91 Å². The van der Waals surface area contributed by atoms with Crippen molar-refractivity contribution in [3.63, 3.8) is 0 Å². The summed E-state index contributed by atoms with van der Waals surface area (Å²) in [5.41, 5.74) is 1.52. The molecule has 26 heavy (non-hydrogen) atoms. The van der Waals surface area contributed by atoms with Crippen molar-refractivity contribution in [2.75, 3.05) is 13.1 Å². The zero-order chi connectivity index (χ0) is 17.9. The zero-order valence-corrected chi connectivity index (χ0v) is 15.0. The fraction of sp³-hybridized carbons (Fsp3) is 0.300. The molecule has 0 atom stereocenters. The van der Waals surface area contributed by atoms with E-state index in [0.29, 0.717) is 28.8 Å². The van der Waals surface area contributed by atoms with Crippen LogP contribution in [0.15, 0.2) is 53.1 Å². The molecular formula is C20H19ClFN3O. The van der Waals surface area contributed by atoms with E-state index in [0.717, 1.165) is 31.5 Å². The Labute approximate surface area is 156 Å². The minimum Gasteiger partial charge on any atom is -0.339 e. The number of halogens is 2. The zero-order valence-electron chi connectivity index (χ0n) is 14.2. The van der Waals surface area contributed by atoms with E-state index in [-0.39, 0.29) is 11.7 Å². The summed E-state index contributed by atoms with van der Waals surface area (Å²) in [6.45, 7) is 2.22. The summed E-state index contributed by atoms with van der Waals surface area (Å²) < 4.78 is 19.5. The highest BCUT2D eigenvalue weighted by molar-refractivity contribution is 6.31. The molecule has 0 bridgehead atoms. The summed E-state index contributed by atoms with van der Waals surface area (Å²) >= 11 is 6.13. The second-order valence-electron chi connectivity index (χ2n) is 6.57. The Balaban J connectivity index is 1.39. The second-order valence-corrected chi connectivity index (χ2v) is 6.98. The minimum absolute atomic E-state index is 0.243. The van der Waals surface area contributed by atoms with Crippen LogP contribution in [0.4, 0.5) is 4.39 Å². The molecule has 4 rings (SSSR count). The first-order valence-electron chi connectivity index (χ1n) is 8.75. The summed E-state index contributed by atoms with van der Waals surface area (Å²) in [7, 11) is 0. The van der Waals surface area contributed by atoms with E-state index in [1.165, 1.54) is 6.07 Å². The van der Waals surface area contributed by atoms with Gasteiger partial charge < -0.3 is 4.52 Å². The summed E-state index contributed by atoms with van der Waals surface area (Å²) in [5, 5.41) is 4.59. The number of hydrogen-bond donors (Lipinski definition) is 0. The molecule has 0 unspecified atom stereocenters. The highest BCUT2D eigenvalue weighted by Gasteiger charge is 2.26. The van der Waals surface area contributed by atoms with E-state index in [1.54, 1.807) is 12.1 Å². The maximum atomic E-state index is 14.0. The largest absolute Gasteiger partial charge is 0.339 e. The van der Waals surface area contributed by atoms with Crippen LogP contribution in [0.5, 0.6) is 0 Å². The van der Waals surface area contributed by atoms with Crippen LogP contribution in [0.1, 0.15) is 30.2 Å². The Hall–Kier alpha value is -2.24. The van der Waals surface area contributed by atoms with Crippen LogP contribution in [-0.4, -0.2) is 28.1 Å². The van der Waals surface area contributed by atoms with Gasteiger partial charge in [-0.05, 0) is 38.1 Å². The molecule has 1 fully saturated rings. The molecule has 0 N–H and O–H groups in total. The van der Waals surface area contributed by atoms with E-state index in [9.17, 15) is 4.39 Å². The molecule has 1 aliphatic heterocycles. The number of likely N-dealkylation sites (tertiary alicyclic amines) is 1. The molecule has 4 nitrogen and oxygen atoms in total. The van der Waals surface area contributed by atoms with Crippen LogP contribution in [0.25, 0.3) is 11.4 Å². The van der Waals surface area contributed by atoms with Gasteiger partial charge in [-0.2, -0.15) is 4.98 Å². The first kappa shape index (κ1) is 17.2. The molecule has 1 saturated heterocycles. The van der Waals surface area contributed by atoms with Crippen molar-refractivity contribution in [1.29, 1.82) is 0 Å². The molecule has 2 aromatic carbocycles. The molecule has 0 saturated carbocycles. The Bertz CT molecular complexity index is 856. The lowest BCUT2D eigenvalue weighted by Gasteiger charge is -2.30. The van der Waals surface area contributed by atoms with E-state index in [2.05, 4.69) is 15.0 Å². The summed E-state index contributed by atoms with van der Waals surface area (Å²) in [4.78, 5) is 6.78. The summed E-state index contributed by atoms with van der Waals surface area (Å²) in [6.07, 6.45) is 1.81. The number of rotatable bonds is 4. The van der Waals surface area contributed by atoms with Crippen molar-refractivity contribution in [3.05, 3.63) is 70.8 Å². The summed E-state index contributed by atoms with van der Waals surface area (Å²) in [6, 6.07) is 14.6. The molecule has 0 radical (unpaired) electrons. The molecule has 134 valence electrons. The predicted molar refractivity (Wildman–Crippen MR) is 98.4 cm³/mol. The molecule has 3 aromatic rings. The highest BCUT2D eigenvalue weighted by atomic mass is 35.5. The number of benzene rings is 2. The Morgan fingerprint density at radius 1 is 1.08 bits per heavy atom. The van der Waals surface area contributed by atoms with Crippen LogP contribution >= 0.6 is 11.6 Å². The normalized spacial score (nSPS) is 16.1. The van der Waals surface area contributed by atoms with E-state index >= 15 is 0 Å². The molecule has 6 heteroatoms. The third-order valence-corrected chi connectivity index (χ3v) is 5.21. The number of aromatic nitrogens is 2. The van der Waals surface area contributed by atoms with Crippen LogP contribution in [-0.2, 0) is 6.54 Å². The number of piperidine rings is 1. The van der Waals surface area contributed by atoms with E-state index < -0.39 is 0 Å². The quantitative estimate of drug-likeness (QED) is 0.653. The highest BCUT2D eigenvalue weighted by Crippen LogP contribution is 2.30. The lowest BCUT2D eigenvalue weighted by molar-refractivity contribution is 0.186. The Morgan fingerprint density at radius 2 is 1.85 bits per heavy atom. The third-order valence-electron chi connectivity index (χ3n) is 4.85. The maximum Gasteiger partial charge on any atom is 0.230 e. The van der Waals surface area contributed by atoms with Gasteiger partial charge in [-0.3, -0.25) is 4.90 Å². The van der Waals surface area contributed by atoms with Gasteiger partial charge in [0.25, 0.3) is 0 Å². The van der Waals surface area contributed by atoms with E-state index in [1.807, 2.05) is 30.3 Å². The standard InChI is InChI=1S/C20H19ClFN3O/c21-17-7-4-8-18(22)16(17)13-25-11-9-15(10-12-25)20-23-19(24-26-20)14-5-2-1-3-6-14/h1-8,15H,9-13H2. The van der Waals surface area contributed by atoms with Crippen molar-refractivity contribution in [3.8, 4) is 11.4 Å². The van der Waals surface area contributed by atoms with Crippen molar-refractivity contribution >= 4 is 11.6 Å². The van der Waals surface area contributed by atoms with Crippen molar-refractivity contribution in [1.82, 2.24) is 15.0 Å². The van der Waals surface area contributed by atoms with E-state index in [4.69, 9.17) is 16.1 Å². The first-order chi connectivity index (χ1) is 12.7. The molecular weight excluding hydrogens is 353 g/mol. The van der Waals surface area contributed by atoms with Crippen molar-refractivity contribution in [2.45, 2.75) is 25.3 Å². The molecule has 0 aliphatic carbocycles. The average molecular weight is 372 g/mol. The topological polar surface area (TPSA) is 42.2 Å². The second kappa shape index (κ2) is 7.56. The molecule has 2 heterocycles. The van der Waals surface area contributed by atoms with Crippen molar-refractivity contribution in [2.24, 2.45) is 0 Å². The molecule has 1 aliphatic rings. The van der Waals surface area contributed by atoms with Crippen LogP contribution in [0.3, 0.4) is 0 Å². The first-order valence-corrected chi connectivity index (χ1v) is 9.13. The van der Waals surface area contributed by atoms with Gasteiger partial charge in [0.2, 0.25) is 11.7 Å². The van der Waals surface area contributed by atoms with Gasteiger partial charge in [-0.15, -0.1) is 0 Å². The average Bonchev–Trinajstić information content (AvgIpc) is 3.16. The van der Waals surface area contributed by atoms with Crippen LogP contribution in [0, 0.1) is 5.82 Å². The molecule has 1 aromatic heterocycles. The third kappa shape index (κ3) is 3.64. The predicted octanol–water partition coefficient (Wildman–Crippen LogP) is 4.91. The van der Waals surface area contributed by atoms with Gasteiger partial charge in [-0.25, -0.2) is 4.39 Å². The van der Waals surface area contributed by atoms with Gasteiger partial charge in [-0.1, -0.05) is 53.2 Å². The van der Waals surface area contributed by atoms with Gasteiger partial charge in [0.15, 0.2) is 0 Å². The maximum absolute atomic E-state index is 14.0. The number of nitrogens with zero attached hydrogens (tertiary/aromatic N) is 3. The monoisotopic (exact) mass is 371 g/mol. The summed E-state index contributed by atoms with van der Waals surface area (Å²) in [5.74, 6) is 1.31. The number of hydrogen-bond acceptors (Lipinski definition) is 4. The lowest BCUT2D eigenvalue weighted by atomic mass is 9.96. The van der Waals surface area contributed by atoms with Gasteiger partial charge in [0.05, 0.1) is 0 Å².